The van der Waals surface area contributed by atoms with Crippen molar-refractivity contribution in [3.05, 3.63) is 53.9 Å². The van der Waals surface area contributed by atoms with Gasteiger partial charge in [-0.05, 0) is 23.1 Å². The third-order valence-electron chi connectivity index (χ3n) is 5.60. The number of methoxy groups -OCH3 is 2. The number of hydrogen-bond donors (Lipinski definition) is 0. The maximum absolute atomic E-state index is 12.7. The summed E-state index contributed by atoms with van der Waals surface area (Å²) >= 11 is 0. The first-order chi connectivity index (χ1) is 14.8. The minimum atomic E-state index is -0.157. The molecule has 1 aliphatic heterocycles. The lowest BCUT2D eigenvalue weighted by atomic mass is 9.87. The van der Waals surface area contributed by atoms with E-state index in [1.165, 1.54) is 5.56 Å². The number of rotatable bonds is 5. The summed E-state index contributed by atoms with van der Waals surface area (Å²) in [6.07, 6.45) is 0.318. The van der Waals surface area contributed by atoms with Gasteiger partial charge >= 0.3 is 0 Å². The van der Waals surface area contributed by atoms with Gasteiger partial charge in [-0.25, -0.2) is 0 Å². The van der Waals surface area contributed by atoms with Crippen molar-refractivity contribution in [3.8, 4) is 22.9 Å². The van der Waals surface area contributed by atoms with Crippen molar-refractivity contribution in [3.63, 3.8) is 0 Å². The SMILES string of the molecule is COc1ccc(N2CC(c3nc(-c4ccc(C(C)(C)C)cc4)no3)CC2=O)cc1OC. The Morgan fingerprint density at radius 1 is 1.03 bits per heavy atom. The third kappa shape index (κ3) is 4.13. The molecule has 7 nitrogen and oxygen atoms in total. The van der Waals surface area contributed by atoms with E-state index < -0.39 is 0 Å². The van der Waals surface area contributed by atoms with Crippen LogP contribution in [0, 0.1) is 0 Å². The summed E-state index contributed by atoms with van der Waals surface area (Å²) in [6.45, 7) is 7.00. The summed E-state index contributed by atoms with van der Waals surface area (Å²) in [5.74, 6) is 2.06. The van der Waals surface area contributed by atoms with Gasteiger partial charge < -0.3 is 18.9 Å². The van der Waals surface area contributed by atoms with Gasteiger partial charge in [-0.2, -0.15) is 4.98 Å². The maximum Gasteiger partial charge on any atom is 0.232 e. The van der Waals surface area contributed by atoms with Crippen LogP contribution in [0.15, 0.2) is 47.0 Å². The standard InChI is InChI=1S/C24H27N3O4/c1-24(2,3)17-8-6-15(7-9-17)22-25-23(31-26-22)16-12-21(28)27(14-16)18-10-11-19(29-4)20(13-18)30-5/h6-11,13,16H,12,14H2,1-5H3. The van der Waals surface area contributed by atoms with Crippen molar-refractivity contribution in [2.75, 3.05) is 25.7 Å². The van der Waals surface area contributed by atoms with Crippen LogP contribution in [0.3, 0.4) is 0 Å². The second-order valence-electron chi connectivity index (χ2n) is 8.73. The lowest BCUT2D eigenvalue weighted by molar-refractivity contribution is -0.117. The van der Waals surface area contributed by atoms with Crippen molar-refractivity contribution in [1.82, 2.24) is 10.1 Å². The van der Waals surface area contributed by atoms with Gasteiger partial charge in [0.2, 0.25) is 17.6 Å². The van der Waals surface area contributed by atoms with Gasteiger partial charge in [0.05, 0.1) is 20.1 Å². The molecule has 3 aromatic rings. The van der Waals surface area contributed by atoms with E-state index in [0.29, 0.717) is 36.2 Å². The van der Waals surface area contributed by atoms with Gasteiger partial charge in [0, 0.05) is 30.3 Å². The summed E-state index contributed by atoms with van der Waals surface area (Å²) in [4.78, 5) is 19.0. The number of benzene rings is 2. The monoisotopic (exact) mass is 421 g/mol. The smallest absolute Gasteiger partial charge is 0.232 e. The average molecular weight is 421 g/mol. The minimum Gasteiger partial charge on any atom is -0.493 e. The predicted molar refractivity (Wildman–Crippen MR) is 118 cm³/mol. The molecule has 1 unspecified atom stereocenters. The molecule has 0 saturated carbocycles. The highest BCUT2D eigenvalue weighted by Crippen LogP contribution is 2.36. The zero-order chi connectivity index (χ0) is 22.2. The van der Waals surface area contributed by atoms with Crippen LogP contribution in [0.2, 0.25) is 0 Å². The highest BCUT2D eigenvalue weighted by Gasteiger charge is 2.35. The van der Waals surface area contributed by atoms with E-state index in [1.807, 2.05) is 18.2 Å². The molecular formula is C24H27N3O4. The molecule has 2 heterocycles. The first-order valence-electron chi connectivity index (χ1n) is 10.3. The minimum absolute atomic E-state index is 0.00602. The first-order valence-corrected chi connectivity index (χ1v) is 10.3. The summed E-state index contributed by atoms with van der Waals surface area (Å²) in [5.41, 5.74) is 2.97. The Balaban J connectivity index is 1.52. The lowest BCUT2D eigenvalue weighted by Crippen LogP contribution is -2.24. The van der Waals surface area contributed by atoms with Crippen molar-refractivity contribution in [2.24, 2.45) is 0 Å². The number of aromatic nitrogens is 2. The molecule has 4 rings (SSSR count). The lowest BCUT2D eigenvalue weighted by Gasteiger charge is -2.18. The largest absolute Gasteiger partial charge is 0.493 e. The van der Waals surface area contributed by atoms with Crippen LogP contribution >= 0.6 is 0 Å². The van der Waals surface area contributed by atoms with Crippen molar-refractivity contribution >= 4 is 11.6 Å². The van der Waals surface area contributed by atoms with Gasteiger partial charge in [-0.3, -0.25) is 4.79 Å². The highest BCUT2D eigenvalue weighted by molar-refractivity contribution is 5.96. The van der Waals surface area contributed by atoms with Crippen LogP contribution in [-0.4, -0.2) is 36.8 Å². The number of hydrogen-bond acceptors (Lipinski definition) is 6. The van der Waals surface area contributed by atoms with E-state index in [9.17, 15) is 4.79 Å². The molecule has 7 heteroatoms. The van der Waals surface area contributed by atoms with Crippen LogP contribution in [0.5, 0.6) is 11.5 Å². The predicted octanol–water partition coefficient (Wildman–Crippen LogP) is 4.57. The molecule has 1 saturated heterocycles. The van der Waals surface area contributed by atoms with Gasteiger partial charge in [0.1, 0.15) is 0 Å². The fraction of sp³-hybridized carbons (Fsp3) is 0.375. The van der Waals surface area contributed by atoms with Gasteiger partial charge in [-0.1, -0.05) is 50.2 Å². The molecule has 0 bridgehead atoms. The molecule has 31 heavy (non-hydrogen) atoms. The zero-order valence-electron chi connectivity index (χ0n) is 18.5. The molecular weight excluding hydrogens is 394 g/mol. The number of ether oxygens (including phenoxy) is 2. The van der Waals surface area contributed by atoms with Crippen molar-refractivity contribution < 1.29 is 18.8 Å². The average Bonchev–Trinajstić information content (AvgIpc) is 3.39. The van der Waals surface area contributed by atoms with Crippen molar-refractivity contribution in [1.29, 1.82) is 0 Å². The molecule has 162 valence electrons. The summed E-state index contributed by atoms with van der Waals surface area (Å²) in [7, 11) is 3.16. The molecule has 0 spiro atoms. The number of nitrogens with zero attached hydrogens (tertiary/aromatic N) is 3. The van der Waals surface area contributed by atoms with Crippen LogP contribution in [0.25, 0.3) is 11.4 Å². The molecule has 1 aliphatic rings. The fourth-order valence-corrected chi connectivity index (χ4v) is 3.75. The van der Waals surface area contributed by atoms with Gasteiger partial charge in [0.25, 0.3) is 0 Å². The molecule has 0 radical (unpaired) electrons. The van der Waals surface area contributed by atoms with Crippen LogP contribution in [-0.2, 0) is 10.2 Å². The maximum atomic E-state index is 12.7. The Morgan fingerprint density at radius 3 is 2.39 bits per heavy atom. The number of carbonyl (C=O) groups excluding carboxylic acids is 1. The van der Waals surface area contributed by atoms with E-state index in [4.69, 9.17) is 14.0 Å². The molecule has 1 fully saturated rings. The molecule has 2 aromatic carbocycles. The zero-order valence-corrected chi connectivity index (χ0v) is 18.5. The third-order valence-corrected chi connectivity index (χ3v) is 5.60. The number of amides is 1. The van der Waals surface area contributed by atoms with E-state index >= 15 is 0 Å². The normalized spacial score (nSPS) is 16.6. The fourth-order valence-electron chi connectivity index (χ4n) is 3.75. The Bertz CT molecular complexity index is 1080. The highest BCUT2D eigenvalue weighted by atomic mass is 16.5. The van der Waals surface area contributed by atoms with Crippen molar-refractivity contribution in [2.45, 2.75) is 38.5 Å². The Kier molecular flexibility index (Phi) is 5.43. The Hall–Kier alpha value is -3.35. The summed E-state index contributed by atoms with van der Waals surface area (Å²) in [5, 5.41) is 4.14. The molecule has 0 N–H and O–H groups in total. The molecule has 1 aromatic heterocycles. The Labute approximate surface area is 182 Å². The summed E-state index contributed by atoms with van der Waals surface area (Å²) in [6, 6.07) is 13.6. The van der Waals surface area contributed by atoms with Gasteiger partial charge in [-0.15, -0.1) is 0 Å². The second kappa shape index (κ2) is 8.06. The molecule has 0 aliphatic carbocycles. The van der Waals surface area contributed by atoms with E-state index in [-0.39, 0.29) is 17.2 Å². The van der Waals surface area contributed by atoms with E-state index in [2.05, 4.69) is 43.0 Å². The van der Waals surface area contributed by atoms with Crippen LogP contribution < -0.4 is 14.4 Å². The molecule has 1 atom stereocenters. The second-order valence-corrected chi connectivity index (χ2v) is 8.73. The van der Waals surface area contributed by atoms with E-state index in [0.717, 1.165) is 11.3 Å². The summed E-state index contributed by atoms with van der Waals surface area (Å²) < 4.78 is 16.2. The van der Waals surface area contributed by atoms with Crippen LogP contribution in [0.1, 0.15) is 44.6 Å². The Morgan fingerprint density at radius 2 is 1.74 bits per heavy atom. The quantitative estimate of drug-likeness (QED) is 0.600. The topological polar surface area (TPSA) is 77.7 Å². The molecule has 1 amide bonds. The van der Waals surface area contributed by atoms with Crippen LogP contribution in [0.4, 0.5) is 5.69 Å². The van der Waals surface area contributed by atoms with E-state index in [1.54, 1.807) is 31.3 Å². The number of anilines is 1. The van der Waals surface area contributed by atoms with Gasteiger partial charge in [0.15, 0.2) is 11.5 Å². The number of carbonyl (C=O) groups is 1. The first kappa shape index (κ1) is 20.9.